The molecule has 152 valence electrons. The highest BCUT2D eigenvalue weighted by atomic mass is 35.5. The minimum absolute atomic E-state index is 0.166. The third-order valence-corrected chi connectivity index (χ3v) is 5.23. The Bertz CT molecular complexity index is 1010. The molecule has 0 atom stereocenters. The molecule has 0 unspecified atom stereocenters. The van der Waals surface area contributed by atoms with Gasteiger partial charge in [0.25, 0.3) is 5.91 Å². The number of benzene rings is 2. The first kappa shape index (κ1) is 21.3. The highest BCUT2D eigenvalue weighted by Gasteiger charge is 2.32. The standard InChI is InChI=1S/C20H17Cl3N2O4/c1-3-25-19(26)16(24-20(25)27)8-12-7-15(23)18(17(9-12)28-2)29-10-11-4-5-13(21)14(22)6-11/h4-9H,3,10H2,1-2H3,(H,24,27)/b16-8+. The first-order valence-corrected chi connectivity index (χ1v) is 9.76. The Morgan fingerprint density at radius 1 is 1.07 bits per heavy atom. The molecule has 2 aromatic rings. The zero-order chi connectivity index (χ0) is 21.1. The maximum Gasteiger partial charge on any atom is 0.328 e. The van der Waals surface area contributed by atoms with Crippen molar-refractivity contribution in [3.63, 3.8) is 0 Å². The van der Waals surface area contributed by atoms with Crippen LogP contribution in [0.3, 0.4) is 0 Å². The predicted octanol–water partition coefficient (Wildman–Crippen LogP) is 5.15. The van der Waals surface area contributed by atoms with Gasteiger partial charge in [-0.1, -0.05) is 40.9 Å². The van der Waals surface area contributed by atoms with Crippen molar-refractivity contribution >= 4 is 52.8 Å². The molecule has 1 heterocycles. The molecule has 0 bridgehead atoms. The van der Waals surface area contributed by atoms with Gasteiger partial charge in [-0.2, -0.15) is 0 Å². The van der Waals surface area contributed by atoms with Gasteiger partial charge in [-0.3, -0.25) is 9.69 Å². The summed E-state index contributed by atoms with van der Waals surface area (Å²) < 4.78 is 11.2. The summed E-state index contributed by atoms with van der Waals surface area (Å²) >= 11 is 18.3. The maximum absolute atomic E-state index is 12.2. The number of hydrogen-bond acceptors (Lipinski definition) is 4. The number of nitrogens with zero attached hydrogens (tertiary/aromatic N) is 1. The molecule has 29 heavy (non-hydrogen) atoms. The molecule has 1 N–H and O–H groups in total. The third kappa shape index (κ3) is 4.61. The number of nitrogens with one attached hydrogen (secondary N) is 1. The van der Waals surface area contributed by atoms with Gasteiger partial charge in [0.1, 0.15) is 12.3 Å². The fourth-order valence-corrected chi connectivity index (χ4v) is 3.37. The molecule has 2 aromatic carbocycles. The van der Waals surface area contributed by atoms with Crippen LogP contribution in [0, 0.1) is 0 Å². The van der Waals surface area contributed by atoms with Crippen LogP contribution in [-0.4, -0.2) is 30.5 Å². The summed E-state index contributed by atoms with van der Waals surface area (Å²) in [6.45, 7) is 2.21. The minimum Gasteiger partial charge on any atom is -0.493 e. The molecule has 0 radical (unpaired) electrons. The molecule has 0 aromatic heterocycles. The lowest BCUT2D eigenvalue weighted by Crippen LogP contribution is -2.30. The second kappa shape index (κ2) is 8.95. The number of carbonyl (C=O) groups is 2. The summed E-state index contributed by atoms with van der Waals surface area (Å²) in [6, 6.07) is 8.01. The number of methoxy groups -OCH3 is 1. The van der Waals surface area contributed by atoms with E-state index in [0.29, 0.717) is 32.1 Å². The van der Waals surface area contributed by atoms with Crippen molar-refractivity contribution in [2.75, 3.05) is 13.7 Å². The predicted molar refractivity (Wildman–Crippen MR) is 113 cm³/mol. The van der Waals surface area contributed by atoms with Gasteiger partial charge in [-0.25, -0.2) is 4.79 Å². The van der Waals surface area contributed by atoms with Gasteiger partial charge in [-0.05, 0) is 48.4 Å². The lowest BCUT2D eigenvalue weighted by atomic mass is 10.1. The van der Waals surface area contributed by atoms with Crippen molar-refractivity contribution in [3.05, 3.63) is 62.2 Å². The first-order valence-electron chi connectivity index (χ1n) is 8.62. The maximum atomic E-state index is 12.2. The average Bonchev–Trinajstić information content (AvgIpc) is 2.95. The van der Waals surface area contributed by atoms with Crippen LogP contribution in [0.4, 0.5) is 4.79 Å². The number of rotatable bonds is 6. The number of ether oxygens (including phenoxy) is 2. The van der Waals surface area contributed by atoms with Crippen LogP contribution in [-0.2, 0) is 11.4 Å². The fraction of sp³-hybridized carbons (Fsp3) is 0.200. The number of carbonyl (C=O) groups excluding carboxylic acids is 2. The van der Waals surface area contributed by atoms with Gasteiger partial charge in [-0.15, -0.1) is 0 Å². The van der Waals surface area contributed by atoms with Gasteiger partial charge in [0, 0.05) is 6.54 Å². The van der Waals surface area contributed by atoms with Crippen molar-refractivity contribution in [2.45, 2.75) is 13.5 Å². The Balaban J connectivity index is 1.84. The number of hydrogen-bond donors (Lipinski definition) is 1. The zero-order valence-electron chi connectivity index (χ0n) is 15.6. The zero-order valence-corrected chi connectivity index (χ0v) is 17.9. The fourth-order valence-electron chi connectivity index (χ4n) is 2.77. The van der Waals surface area contributed by atoms with E-state index in [9.17, 15) is 9.59 Å². The summed E-state index contributed by atoms with van der Waals surface area (Å²) in [4.78, 5) is 25.1. The number of amides is 3. The van der Waals surface area contributed by atoms with E-state index in [-0.39, 0.29) is 18.8 Å². The lowest BCUT2D eigenvalue weighted by molar-refractivity contribution is -0.122. The lowest BCUT2D eigenvalue weighted by Gasteiger charge is -2.14. The number of halogens is 3. The Hall–Kier alpha value is -2.41. The molecule has 3 amide bonds. The molecule has 1 aliphatic heterocycles. The smallest absolute Gasteiger partial charge is 0.328 e. The normalized spacial score (nSPS) is 15.1. The molecular formula is C20H17Cl3N2O4. The molecule has 0 aliphatic carbocycles. The Labute approximate surface area is 182 Å². The molecule has 0 saturated carbocycles. The van der Waals surface area contributed by atoms with E-state index in [1.54, 1.807) is 37.3 Å². The van der Waals surface area contributed by atoms with Gasteiger partial charge in [0.15, 0.2) is 11.5 Å². The molecule has 9 heteroatoms. The number of urea groups is 1. The van der Waals surface area contributed by atoms with Crippen LogP contribution in [0.5, 0.6) is 11.5 Å². The molecule has 0 spiro atoms. The highest BCUT2D eigenvalue weighted by molar-refractivity contribution is 6.42. The molecule has 3 rings (SSSR count). The Morgan fingerprint density at radius 2 is 1.83 bits per heavy atom. The Morgan fingerprint density at radius 3 is 2.45 bits per heavy atom. The van der Waals surface area contributed by atoms with Crippen LogP contribution in [0.15, 0.2) is 36.0 Å². The Kier molecular flexibility index (Phi) is 6.57. The van der Waals surface area contributed by atoms with Crippen LogP contribution in [0.2, 0.25) is 15.1 Å². The van der Waals surface area contributed by atoms with Crippen LogP contribution < -0.4 is 14.8 Å². The third-order valence-electron chi connectivity index (χ3n) is 4.21. The van der Waals surface area contributed by atoms with Crippen molar-refractivity contribution in [1.29, 1.82) is 0 Å². The van der Waals surface area contributed by atoms with E-state index in [1.165, 1.54) is 13.2 Å². The van der Waals surface area contributed by atoms with Crippen molar-refractivity contribution < 1.29 is 19.1 Å². The van der Waals surface area contributed by atoms with E-state index >= 15 is 0 Å². The average molecular weight is 456 g/mol. The van der Waals surface area contributed by atoms with Crippen molar-refractivity contribution in [1.82, 2.24) is 10.2 Å². The topological polar surface area (TPSA) is 67.9 Å². The van der Waals surface area contributed by atoms with E-state index in [1.807, 2.05) is 0 Å². The molecular weight excluding hydrogens is 439 g/mol. The van der Waals surface area contributed by atoms with Crippen molar-refractivity contribution in [2.24, 2.45) is 0 Å². The monoisotopic (exact) mass is 454 g/mol. The summed E-state index contributed by atoms with van der Waals surface area (Å²) in [5.41, 5.74) is 1.55. The number of likely N-dealkylation sites (N-methyl/N-ethyl adjacent to an activating group) is 1. The van der Waals surface area contributed by atoms with Gasteiger partial charge >= 0.3 is 6.03 Å². The second-order valence-corrected chi connectivity index (χ2v) is 7.33. The molecule has 1 aliphatic rings. The summed E-state index contributed by atoms with van der Waals surface area (Å²) in [5.74, 6) is 0.334. The minimum atomic E-state index is -0.455. The second-order valence-electron chi connectivity index (χ2n) is 6.11. The van der Waals surface area contributed by atoms with E-state index in [4.69, 9.17) is 44.3 Å². The molecule has 6 nitrogen and oxygen atoms in total. The van der Waals surface area contributed by atoms with Gasteiger partial charge < -0.3 is 14.8 Å². The molecule has 1 saturated heterocycles. The van der Waals surface area contributed by atoms with E-state index < -0.39 is 11.9 Å². The first-order chi connectivity index (χ1) is 13.8. The van der Waals surface area contributed by atoms with Crippen LogP contribution >= 0.6 is 34.8 Å². The number of imide groups is 1. The van der Waals surface area contributed by atoms with Crippen molar-refractivity contribution in [3.8, 4) is 11.5 Å². The van der Waals surface area contributed by atoms with Gasteiger partial charge in [0.05, 0.1) is 22.2 Å². The van der Waals surface area contributed by atoms with Gasteiger partial charge in [0.2, 0.25) is 0 Å². The quantitative estimate of drug-likeness (QED) is 0.483. The van der Waals surface area contributed by atoms with E-state index in [2.05, 4.69) is 5.32 Å². The summed E-state index contributed by atoms with van der Waals surface area (Å²) in [7, 11) is 1.48. The summed E-state index contributed by atoms with van der Waals surface area (Å²) in [5, 5.41) is 3.72. The van der Waals surface area contributed by atoms with Crippen LogP contribution in [0.25, 0.3) is 6.08 Å². The summed E-state index contributed by atoms with van der Waals surface area (Å²) in [6.07, 6.45) is 1.53. The van der Waals surface area contributed by atoms with Crippen LogP contribution in [0.1, 0.15) is 18.1 Å². The SMILES string of the molecule is CCN1C(=O)N/C(=C/c2cc(Cl)c(OCc3ccc(Cl)c(Cl)c3)c(OC)c2)C1=O. The largest absolute Gasteiger partial charge is 0.493 e. The molecule has 1 fully saturated rings. The highest BCUT2D eigenvalue weighted by Crippen LogP contribution is 2.38. The van der Waals surface area contributed by atoms with E-state index in [0.717, 1.165) is 10.5 Å².